The van der Waals surface area contributed by atoms with Crippen LogP contribution in [-0.2, 0) is 65.4 Å². The van der Waals surface area contributed by atoms with Gasteiger partial charge in [0.15, 0.2) is 12.2 Å². The van der Waals surface area contributed by atoms with Crippen LogP contribution in [-0.4, -0.2) is 96.7 Å². The van der Waals surface area contributed by atoms with Crippen molar-refractivity contribution in [3.63, 3.8) is 0 Å². The van der Waals surface area contributed by atoms with Crippen LogP contribution in [0.4, 0.5) is 0 Å². The Balaban J connectivity index is 5.18. The minimum Gasteiger partial charge on any atom is -0.462 e. The summed E-state index contributed by atoms with van der Waals surface area (Å²) in [4.78, 5) is 71.6. The maximum atomic E-state index is 12.9. The predicted octanol–water partition coefficient (Wildman–Crippen LogP) is 15.2. The zero-order valence-electron chi connectivity index (χ0n) is 48.2. The lowest BCUT2D eigenvalue weighted by Gasteiger charge is -2.21. The molecule has 0 aliphatic heterocycles. The molecule has 0 amide bonds. The SMILES string of the molecule is CCCCCCCCCCCCCC(=O)OC[C@H](COP(=O)(O)OC[C@H](O)COP(=O)(O)OC[C@@H](COC(=O)CCCCCCCCCCC)OC(=O)CCCCCCCCCCC)OC(=O)CCCCCCCCC. The first kappa shape index (κ1) is 74.1. The fraction of sp³-hybridized carbons (Fsp3) is 0.930. The number of carbonyl (C=O) groups excluding carboxylic acids is 4. The van der Waals surface area contributed by atoms with Gasteiger partial charge in [0.1, 0.15) is 19.3 Å². The summed E-state index contributed by atoms with van der Waals surface area (Å²) in [6.45, 7) is 4.76. The zero-order valence-corrected chi connectivity index (χ0v) is 50.0. The number of aliphatic hydroxyl groups excluding tert-OH is 1. The highest BCUT2D eigenvalue weighted by Crippen LogP contribution is 2.45. The second-order valence-corrected chi connectivity index (χ2v) is 23.6. The van der Waals surface area contributed by atoms with Crippen molar-refractivity contribution in [1.29, 1.82) is 0 Å². The highest BCUT2D eigenvalue weighted by atomic mass is 31.2. The van der Waals surface area contributed by atoms with Gasteiger partial charge in [-0.15, -0.1) is 0 Å². The lowest BCUT2D eigenvalue weighted by Crippen LogP contribution is -2.30. The third-order valence-corrected chi connectivity index (χ3v) is 15.0. The summed E-state index contributed by atoms with van der Waals surface area (Å²) in [6, 6.07) is 0. The molecule has 0 rings (SSSR count). The Hall–Kier alpha value is -1.94. The third kappa shape index (κ3) is 51.5. The Morgan fingerprint density at radius 1 is 0.316 bits per heavy atom. The summed E-state index contributed by atoms with van der Waals surface area (Å²) in [5, 5.41) is 10.5. The number of aliphatic hydroxyl groups is 1. The van der Waals surface area contributed by atoms with Gasteiger partial charge in [-0.3, -0.25) is 37.3 Å². The summed E-state index contributed by atoms with van der Waals surface area (Å²) in [7, 11) is -9.86. The second-order valence-electron chi connectivity index (χ2n) is 20.7. The smallest absolute Gasteiger partial charge is 0.462 e. The van der Waals surface area contributed by atoms with Crippen molar-refractivity contribution in [2.24, 2.45) is 0 Å². The molecule has 0 heterocycles. The lowest BCUT2D eigenvalue weighted by atomic mass is 10.1. The Morgan fingerprint density at radius 2 is 0.526 bits per heavy atom. The fourth-order valence-corrected chi connectivity index (χ4v) is 9.98. The molecule has 0 bridgehead atoms. The number of unbranched alkanes of at least 4 members (excludes halogenated alkanes) is 32. The van der Waals surface area contributed by atoms with Crippen LogP contribution in [0, 0.1) is 0 Å². The van der Waals surface area contributed by atoms with Crippen LogP contribution in [0.5, 0.6) is 0 Å². The molecule has 0 aliphatic carbocycles. The molecule has 17 nitrogen and oxygen atoms in total. The van der Waals surface area contributed by atoms with Gasteiger partial charge in [-0.1, -0.05) is 233 Å². The average Bonchev–Trinajstić information content (AvgIpc) is 3.39. The van der Waals surface area contributed by atoms with Crippen molar-refractivity contribution >= 4 is 39.5 Å². The molecule has 0 saturated heterocycles. The van der Waals surface area contributed by atoms with E-state index in [4.69, 9.17) is 37.0 Å². The van der Waals surface area contributed by atoms with E-state index in [9.17, 15) is 43.2 Å². The van der Waals surface area contributed by atoms with Crippen molar-refractivity contribution in [3.05, 3.63) is 0 Å². The van der Waals surface area contributed by atoms with Crippen LogP contribution in [0.2, 0.25) is 0 Å². The van der Waals surface area contributed by atoms with E-state index in [1.165, 1.54) is 103 Å². The Morgan fingerprint density at radius 3 is 0.776 bits per heavy atom. The lowest BCUT2D eigenvalue weighted by molar-refractivity contribution is -0.161. The first-order valence-corrected chi connectivity index (χ1v) is 33.3. The molecule has 0 fully saturated rings. The van der Waals surface area contributed by atoms with Gasteiger partial charge in [-0.2, -0.15) is 0 Å². The molecule has 76 heavy (non-hydrogen) atoms. The maximum absolute atomic E-state index is 12.9. The van der Waals surface area contributed by atoms with Gasteiger partial charge in [0, 0.05) is 25.7 Å². The normalized spacial score (nSPS) is 14.4. The van der Waals surface area contributed by atoms with E-state index >= 15 is 0 Å². The molecule has 19 heteroatoms. The average molecular weight is 1130 g/mol. The van der Waals surface area contributed by atoms with E-state index in [-0.39, 0.29) is 25.7 Å². The van der Waals surface area contributed by atoms with Gasteiger partial charge in [-0.25, -0.2) is 9.13 Å². The number of phosphoric ester groups is 2. The van der Waals surface area contributed by atoms with Gasteiger partial charge in [0.2, 0.25) is 0 Å². The minimum absolute atomic E-state index is 0.104. The fourth-order valence-electron chi connectivity index (χ4n) is 8.40. The summed E-state index contributed by atoms with van der Waals surface area (Å²) in [5.74, 6) is -2.15. The van der Waals surface area contributed by atoms with E-state index < -0.39 is 97.5 Å². The molecule has 0 aliphatic rings. The van der Waals surface area contributed by atoms with Gasteiger partial charge < -0.3 is 33.8 Å². The van der Waals surface area contributed by atoms with Gasteiger partial charge in [0.25, 0.3) is 0 Å². The first-order chi connectivity index (χ1) is 36.7. The van der Waals surface area contributed by atoms with Crippen molar-refractivity contribution in [2.45, 2.75) is 303 Å². The van der Waals surface area contributed by atoms with Crippen LogP contribution < -0.4 is 0 Å². The van der Waals surface area contributed by atoms with Crippen LogP contribution in [0.1, 0.15) is 285 Å². The van der Waals surface area contributed by atoms with Crippen LogP contribution in [0.15, 0.2) is 0 Å². The van der Waals surface area contributed by atoms with Gasteiger partial charge in [0.05, 0.1) is 26.4 Å². The third-order valence-electron chi connectivity index (χ3n) is 13.1. The number of rotatable bonds is 58. The number of hydrogen-bond donors (Lipinski definition) is 3. The molecule has 3 N–H and O–H groups in total. The van der Waals surface area contributed by atoms with Crippen molar-refractivity contribution in [3.8, 4) is 0 Å². The summed E-state index contributed by atoms with van der Waals surface area (Å²) in [5.41, 5.74) is 0. The molecule has 0 aromatic carbocycles. The van der Waals surface area contributed by atoms with Gasteiger partial charge >= 0.3 is 39.5 Å². The van der Waals surface area contributed by atoms with E-state index in [1.807, 2.05) is 0 Å². The largest absolute Gasteiger partial charge is 0.472 e. The van der Waals surface area contributed by atoms with E-state index in [0.29, 0.717) is 25.7 Å². The quantitative estimate of drug-likeness (QED) is 0.0222. The molecule has 0 saturated carbocycles. The highest BCUT2D eigenvalue weighted by molar-refractivity contribution is 7.47. The number of carbonyl (C=O) groups is 4. The molecule has 0 aromatic heterocycles. The molecule has 2 unspecified atom stereocenters. The Bertz CT molecular complexity index is 1490. The number of esters is 4. The molecule has 450 valence electrons. The van der Waals surface area contributed by atoms with Crippen LogP contribution >= 0.6 is 15.6 Å². The summed E-state index contributed by atoms with van der Waals surface area (Å²) < 4.78 is 67.5. The topological polar surface area (TPSA) is 237 Å². The molecule has 0 aromatic rings. The standard InChI is InChI=1S/C57H110O17P2/c1-5-9-13-17-21-24-25-28-31-34-38-42-55(60)68-47-52(73-56(61)43-39-35-29-20-16-12-8-4)49-71-75(63,64)69-45-51(58)46-70-76(65,66)72-50-53(74-57(62)44-40-36-32-27-23-19-15-11-7-3)48-67-54(59)41-37-33-30-26-22-18-14-10-6-2/h51-53,58H,5-50H2,1-4H3,(H,63,64)(H,65,66)/t51-,52+,53+/m0/s1. The maximum Gasteiger partial charge on any atom is 0.472 e. The second kappa shape index (κ2) is 52.4. The first-order valence-electron chi connectivity index (χ1n) is 30.3. The number of ether oxygens (including phenoxy) is 4. The molecule has 5 atom stereocenters. The molecular formula is C57H110O17P2. The molecular weight excluding hydrogens is 1020 g/mol. The number of phosphoric acid groups is 2. The minimum atomic E-state index is -4.93. The van der Waals surface area contributed by atoms with Crippen LogP contribution in [0.3, 0.4) is 0 Å². The van der Waals surface area contributed by atoms with Crippen molar-refractivity contribution in [2.75, 3.05) is 39.6 Å². The Kier molecular flexibility index (Phi) is 51.1. The Labute approximate surface area is 460 Å². The predicted molar refractivity (Wildman–Crippen MR) is 299 cm³/mol. The molecule has 0 radical (unpaired) electrons. The van der Waals surface area contributed by atoms with Crippen molar-refractivity contribution < 1.29 is 80.2 Å². The van der Waals surface area contributed by atoms with Gasteiger partial charge in [-0.05, 0) is 25.7 Å². The van der Waals surface area contributed by atoms with Crippen molar-refractivity contribution in [1.82, 2.24) is 0 Å². The zero-order chi connectivity index (χ0) is 56.2. The van der Waals surface area contributed by atoms with E-state index in [2.05, 4.69) is 27.7 Å². The van der Waals surface area contributed by atoms with E-state index in [0.717, 1.165) is 103 Å². The van der Waals surface area contributed by atoms with E-state index in [1.54, 1.807) is 0 Å². The molecule has 0 spiro atoms. The number of hydrogen-bond acceptors (Lipinski definition) is 15. The highest BCUT2D eigenvalue weighted by Gasteiger charge is 2.30. The summed E-state index contributed by atoms with van der Waals surface area (Å²) >= 11 is 0. The van der Waals surface area contributed by atoms with Crippen LogP contribution in [0.25, 0.3) is 0 Å². The monoisotopic (exact) mass is 1130 g/mol. The summed E-state index contributed by atoms with van der Waals surface area (Å²) in [6.07, 6.45) is 34.9.